The van der Waals surface area contributed by atoms with Crippen LogP contribution in [0.5, 0.6) is 6.01 Å². The highest BCUT2D eigenvalue weighted by Crippen LogP contribution is 2.26. The van der Waals surface area contributed by atoms with Crippen LogP contribution in [0.3, 0.4) is 0 Å². The molecule has 0 N–H and O–H groups in total. The molecule has 4 nitrogen and oxygen atoms in total. The Morgan fingerprint density at radius 1 is 1.00 bits per heavy atom. The van der Waals surface area contributed by atoms with Gasteiger partial charge in [-0.3, -0.25) is 4.90 Å². The molecular formula is C26H31N3O. The van der Waals surface area contributed by atoms with Gasteiger partial charge in [-0.25, -0.2) is 9.97 Å². The fourth-order valence-corrected chi connectivity index (χ4v) is 4.22. The molecule has 0 amide bonds. The van der Waals surface area contributed by atoms with Gasteiger partial charge in [0.15, 0.2) is 0 Å². The Kier molecular flexibility index (Phi) is 6.44. The molecule has 1 aliphatic heterocycles. The van der Waals surface area contributed by atoms with Gasteiger partial charge in [0, 0.05) is 30.0 Å². The largest absolute Gasteiger partial charge is 0.459 e. The van der Waals surface area contributed by atoms with Crippen molar-refractivity contribution in [2.75, 3.05) is 6.54 Å². The fraction of sp³-hybridized carbons (Fsp3) is 0.385. The maximum atomic E-state index is 5.97. The number of hydrogen-bond acceptors (Lipinski definition) is 4. The lowest BCUT2D eigenvalue weighted by atomic mass is 9.97. The Morgan fingerprint density at radius 2 is 1.83 bits per heavy atom. The monoisotopic (exact) mass is 401 g/mol. The first-order valence-corrected chi connectivity index (χ1v) is 10.9. The highest BCUT2D eigenvalue weighted by molar-refractivity contribution is 5.68. The Hall–Kier alpha value is -2.72. The van der Waals surface area contributed by atoms with Gasteiger partial charge in [0.2, 0.25) is 0 Å². The first-order valence-electron chi connectivity index (χ1n) is 10.9. The number of ether oxygens (including phenoxy) is 1. The van der Waals surface area contributed by atoms with Crippen molar-refractivity contribution in [3.8, 4) is 17.1 Å². The van der Waals surface area contributed by atoms with Crippen molar-refractivity contribution in [1.82, 2.24) is 14.9 Å². The van der Waals surface area contributed by atoms with Crippen LogP contribution in [-0.2, 0) is 13.2 Å². The number of benzene rings is 2. The van der Waals surface area contributed by atoms with Gasteiger partial charge in [-0.1, -0.05) is 55.0 Å². The summed E-state index contributed by atoms with van der Waals surface area (Å²) in [4.78, 5) is 11.7. The molecule has 0 bridgehead atoms. The van der Waals surface area contributed by atoms with Gasteiger partial charge in [-0.15, -0.1) is 0 Å². The second-order valence-corrected chi connectivity index (χ2v) is 8.32. The van der Waals surface area contributed by atoms with E-state index in [4.69, 9.17) is 4.74 Å². The normalized spacial score (nSPS) is 17.1. The lowest BCUT2D eigenvalue weighted by Gasteiger charge is -2.33. The van der Waals surface area contributed by atoms with Crippen molar-refractivity contribution < 1.29 is 4.74 Å². The molecule has 2 aromatic carbocycles. The maximum absolute atomic E-state index is 5.97. The van der Waals surface area contributed by atoms with Crippen molar-refractivity contribution in [3.05, 3.63) is 77.1 Å². The lowest BCUT2D eigenvalue weighted by Crippen LogP contribution is -2.37. The van der Waals surface area contributed by atoms with Crippen LogP contribution in [0.4, 0.5) is 0 Å². The Balaban J connectivity index is 1.44. The van der Waals surface area contributed by atoms with Gasteiger partial charge in [0.25, 0.3) is 0 Å². The summed E-state index contributed by atoms with van der Waals surface area (Å²) in [5, 5.41) is 0. The predicted octanol–water partition coefficient (Wildman–Crippen LogP) is 5.71. The molecule has 1 fully saturated rings. The molecule has 1 atom stereocenters. The first kappa shape index (κ1) is 20.5. The third-order valence-electron chi connectivity index (χ3n) is 6.26. The van der Waals surface area contributed by atoms with Gasteiger partial charge in [0.1, 0.15) is 6.61 Å². The third kappa shape index (κ3) is 4.71. The predicted molar refractivity (Wildman–Crippen MR) is 121 cm³/mol. The van der Waals surface area contributed by atoms with Crippen molar-refractivity contribution in [2.45, 2.75) is 59.2 Å². The van der Waals surface area contributed by atoms with Crippen LogP contribution >= 0.6 is 0 Å². The van der Waals surface area contributed by atoms with Crippen LogP contribution < -0.4 is 4.74 Å². The van der Waals surface area contributed by atoms with Crippen molar-refractivity contribution >= 4 is 0 Å². The van der Waals surface area contributed by atoms with E-state index in [1.807, 2.05) is 12.3 Å². The summed E-state index contributed by atoms with van der Waals surface area (Å²) in [6.45, 7) is 9.07. The minimum Gasteiger partial charge on any atom is -0.459 e. The summed E-state index contributed by atoms with van der Waals surface area (Å²) in [5.74, 6) is 0. The van der Waals surface area contributed by atoms with Crippen LogP contribution in [0.1, 0.15) is 48.6 Å². The van der Waals surface area contributed by atoms with Crippen LogP contribution in [-0.4, -0.2) is 27.5 Å². The van der Waals surface area contributed by atoms with Gasteiger partial charge in [-0.05, 0) is 62.4 Å². The molecule has 1 aliphatic rings. The summed E-state index contributed by atoms with van der Waals surface area (Å²) in [5.41, 5.74) is 7.05. The number of aromatic nitrogens is 2. The van der Waals surface area contributed by atoms with Crippen molar-refractivity contribution in [1.29, 1.82) is 0 Å². The molecule has 1 saturated heterocycles. The minimum atomic E-state index is 0.451. The minimum absolute atomic E-state index is 0.451. The second-order valence-electron chi connectivity index (χ2n) is 8.32. The standard InChI is InChI=1S/C26H31N3O/c1-19-10-7-8-15-29(19)17-24-16-27-26(28-21(24)3)30-18-23-13-9-14-25(20(23)2)22-11-5-4-6-12-22/h4-6,9,11-14,16,19H,7-8,10,15,17-18H2,1-3H3/t19-/m1/s1. The summed E-state index contributed by atoms with van der Waals surface area (Å²) in [6.07, 6.45) is 5.84. The number of rotatable bonds is 6. The molecule has 0 aliphatic carbocycles. The molecule has 4 rings (SSSR count). The number of piperidine rings is 1. The maximum Gasteiger partial charge on any atom is 0.316 e. The van der Waals surface area contributed by atoms with E-state index in [0.29, 0.717) is 18.7 Å². The molecule has 0 saturated carbocycles. The van der Waals surface area contributed by atoms with E-state index in [0.717, 1.165) is 24.3 Å². The molecule has 0 radical (unpaired) electrons. The molecule has 4 heteroatoms. The molecule has 0 spiro atoms. The Labute approximate surface area is 180 Å². The van der Waals surface area contributed by atoms with Crippen molar-refractivity contribution in [3.63, 3.8) is 0 Å². The zero-order chi connectivity index (χ0) is 20.9. The van der Waals surface area contributed by atoms with Crippen molar-refractivity contribution in [2.24, 2.45) is 0 Å². The lowest BCUT2D eigenvalue weighted by molar-refractivity contribution is 0.152. The van der Waals surface area contributed by atoms with E-state index in [9.17, 15) is 0 Å². The number of aryl methyl sites for hydroxylation is 1. The van der Waals surface area contributed by atoms with E-state index >= 15 is 0 Å². The van der Waals surface area contributed by atoms with E-state index < -0.39 is 0 Å². The summed E-state index contributed by atoms with van der Waals surface area (Å²) in [7, 11) is 0. The molecule has 0 unspecified atom stereocenters. The molecule has 3 aromatic rings. The summed E-state index contributed by atoms with van der Waals surface area (Å²) < 4.78 is 5.97. The average molecular weight is 402 g/mol. The van der Waals surface area contributed by atoms with Crippen LogP contribution in [0, 0.1) is 13.8 Å². The zero-order valence-electron chi connectivity index (χ0n) is 18.3. The smallest absolute Gasteiger partial charge is 0.316 e. The molecule has 1 aromatic heterocycles. The van der Waals surface area contributed by atoms with Gasteiger partial charge in [-0.2, -0.15) is 0 Å². The van der Waals surface area contributed by atoms with E-state index in [1.165, 1.54) is 41.5 Å². The first-order chi connectivity index (χ1) is 14.6. The number of hydrogen-bond donors (Lipinski definition) is 0. The van der Waals surface area contributed by atoms with Gasteiger partial charge < -0.3 is 4.74 Å². The highest BCUT2D eigenvalue weighted by Gasteiger charge is 2.19. The molecule has 156 valence electrons. The summed E-state index contributed by atoms with van der Waals surface area (Å²) in [6, 6.07) is 17.9. The second kappa shape index (κ2) is 9.40. The van der Waals surface area contributed by atoms with Gasteiger partial charge >= 0.3 is 6.01 Å². The zero-order valence-corrected chi connectivity index (χ0v) is 18.3. The highest BCUT2D eigenvalue weighted by atomic mass is 16.5. The topological polar surface area (TPSA) is 38.3 Å². The Morgan fingerprint density at radius 3 is 2.60 bits per heavy atom. The van der Waals surface area contributed by atoms with E-state index in [1.54, 1.807) is 0 Å². The van der Waals surface area contributed by atoms with E-state index in [-0.39, 0.29) is 0 Å². The quantitative estimate of drug-likeness (QED) is 0.530. The van der Waals surface area contributed by atoms with Crippen LogP contribution in [0.25, 0.3) is 11.1 Å². The molecule has 2 heterocycles. The van der Waals surface area contributed by atoms with Gasteiger partial charge in [0.05, 0.1) is 0 Å². The third-order valence-corrected chi connectivity index (χ3v) is 6.26. The molecule has 30 heavy (non-hydrogen) atoms. The fourth-order valence-electron chi connectivity index (χ4n) is 4.22. The average Bonchev–Trinajstić information content (AvgIpc) is 2.77. The SMILES string of the molecule is Cc1nc(OCc2cccc(-c3ccccc3)c2C)ncc1CN1CCCC[C@H]1C. The summed E-state index contributed by atoms with van der Waals surface area (Å²) >= 11 is 0. The van der Waals surface area contributed by atoms with Crippen LogP contribution in [0.2, 0.25) is 0 Å². The number of likely N-dealkylation sites (tertiary alicyclic amines) is 1. The number of nitrogens with zero attached hydrogens (tertiary/aromatic N) is 3. The van der Waals surface area contributed by atoms with E-state index in [2.05, 4.69) is 78.1 Å². The Bertz CT molecular complexity index is 987. The molecular weight excluding hydrogens is 370 g/mol. The van der Waals surface area contributed by atoms with Crippen LogP contribution in [0.15, 0.2) is 54.7 Å².